The van der Waals surface area contributed by atoms with Crippen LogP contribution < -0.4 is 5.56 Å². The van der Waals surface area contributed by atoms with Gasteiger partial charge in [0.05, 0.1) is 34.7 Å². The number of carbonyl (C=O) groups is 1. The first-order chi connectivity index (χ1) is 14.2. The Morgan fingerprint density at radius 2 is 1.80 bits per heavy atom. The van der Waals surface area contributed by atoms with Gasteiger partial charge in [-0.25, -0.2) is 17.6 Å². The summed E-state index contributed by atoms with van der Waals surface area (Å²) in [5, 5.41) is 0.0179. The number of nitrogens with one attached hydrogen (secondary N) is 1. The molecule has 10 heteroatoms. The van der Waals surface area contributed by atoms with Crippen LogP contribution in [0.1, 0.15) is 27.7 Å². The molecule has 1 aliphatic heterocycles. The van der Waals surface area contributed by atoms with Crippen LogP contribution in [0.2, 0.25) is 0 Å². The first kappa shape index (κ1) is 20.5. The minimum absolute atomic E-state index is 0.0146. The quantitative estimate of drug-likeness (QED) is 0.438. The van der Waals surface area contributed by atoms with Crippen molar-refractivity contribution >= 4 is 32.6 Å². The zero-order chi connectivity index (χ0) is 21.7. The molecular formula is C20H13BrF4N2O3. The number of hydrogen-bond acceptors (Lipinski definition) is 3. The van der Waals surface area contributed by atoms with Crippen LogP contribution in [0.3, 0.4) is 0 Å². The Kier molecular flexibility index (Phi) is 5.15. The zero-order valence-corrected chi connectivity index (χ0v) is 16.9. The van der Waals surface area contributed by atoms with Gasteiger partial charge in [-0.2, -0.15) is 0 Å². The van der Waals surface area contributed by atoms with Crippen molar-refractivity contribution in [3.8, 4) is 0 Å². The molecule has 0 bridgehead atoms. The van der Waals surface area contributed by atoms with Gasteiger partial charge in [0, 0.05) is 18.3 Å². The predicted molar refractivity (Wildman–Crippen MR) is 103 cm³/mol. The molecule has 0 saturated heterocycles. The molecule has 0 radical (unpaired) electrons. The van der Waals surface area contributed by atoms with Gasteiger partial charge in [0.25, 0.3) is 11.5 Å². The molecular weight excluding hydrogens is 472 g/mol. The summed E-state index contributed by atoms with van der Waals surface area (Å²) < 4.78 is 61.1. The number of benzene rings is 2. The van der Waals surface area contributed by atoms with Crippen molar-refractivity contribution in [2.75, 3.05) is 13.7 Å². The normalized spacial score (nSPS) is 15.9. The van der Waals surface area contributed by atoms with Gasteiger partial charge in [0.1, 0.15) is 0 Å². The number of halogens is 5. The van der Waals surface area contributed by atoms with Gasteiger partial charge in [-0.3, -0.25) is 9.59 Å². The number of ether oxygens (including phenoxy) is 1. The van der Waals surface area contributed by atoms with E-state index in [4.69, 9.17) is 4.74 Å². The van der Waals surface area contributed by atoms with Crippen LogP contribution >= 0.6 is 15.9 Å². The number of pyridine rings is 1. The zero-order valence-electron chi connectivity index (χ0n) is 15.4. The van der Waals surface area contributed by atoms with Crippen molar-refractivity contribution in [3.63, 3.8) is 0 Å². The van der Waals surface area contributed by atoms with Crippen LogP contribution in [-0.2, 0) is 11.3 Å². The van der Waals surface area contributed by atoms with Gasteiger partial charge >= 0.3 is 0 Å². The molecule has 1 N–H and O–H groups in total. The Morgan fingerprint density at radius 3 is 2.50 bits per heavy atom. The third-order valence-corrected chi connectivity index (χ3v) is 5.71. The summed E-state index contributed by atoms with van der Waals surface area (Å²) in [6.45, 7) is -0.0602. The summed E-state index contributed by atoms with van der Waals surface area (Å²) in [6.07, 6.45) is 0. The smallest absolute Gasteiger partial charge is 0.257 e. The number of hydrogen-bond donors (Lipinski definition) is 1. The summed E-state index contributed by atoms with van der Waals surface area (Å²) in [5.41, 5.74) is -0.501. The molecule has 0 spiro atoms. The number of carbonyl (C=O) groups excluding carboxylic acids is 1. The molecule has 0 saturated carbocycles. The topological polar surface area (TPSA) is 62.4 Å². The number of aromatic amines is 1. The maximum absolute atomic E-state index is 14.3. The molecule has 4 rings (SSSR count). The van der Waals surface area contributed by atoms with Crippen molar-refractivity contribution in [3.05, 3.63) is 79.2 Å². The average Bonchev–Trinajstić information content (AvgIpc) is 2.72. The Morgan fingerprint density at radius 1 is 1.13 bits per heavy atom. The van der Waals surface area contributed by atoms with E-state index in [-0.39, 0.29) is 34.2 Å². The fourth-order valence-corrected chi connectivity index (χ4v) is 3.88. The first-order valence-corrected chi connectivity index (χ1v) is 9.52. The number of likely N-dealkylation sites (N-methyl/N-ethyl adjacent to an activating group) is 1. The van der Waals surface area contributed by atoms with E-state index in [1.165, 1.54) is 13.1 Å². The van der Waals surface area contributed by atoms with Gasteiger partial charge in [-0.15, -0.1) is 0 Å². The molecule has 1 aromatic heterocycles. The monoisotopic (exact) mass is 484 g/mol. The second-order valence-electron chi connectivity index (χ2n) is 6.83. The number of rotatable bonds is 2. The van der Waals surface area contributed by atoms with Crippen LogP contribution in [0.15, 0.2) is 33.5 Å². The predicted octanol–water partition coefficient (Wildman–Crippen LogP) is 4.19. The molecule has 5 nitrogen and oxygen atoms in total. The van der Waals surface area contributed by atoms with E-state index < -0.39 is 46.3 Å². The second kappa shape index (κ2) is 7.51. The molecule has 2 aromatic carbocycles. The molecule has 0 aliphatic carbocycles. The molecule has 2 heterocycles. The number of nitrogens with zero attached hydrogens (tertiary/aromatic N) is 1. The summed E-state index contributed by atoms with van der Waals surface area (Å²) in [5.74, 6) is -5.72. The van der Waals surface area contributed by atoms with E-state index in [1.54, 1.807) is 0 Å². The van der Waals surface area contributed by atoms with Gasteiger partial charge in [0.2, 0.25) is 0 Å². The lowest BCUT2D eigenvalue weighted by atomic mass is 9.95. The highest BCUT2D eigenvalue weighted by atomic mass is 79.9. The Hall–Kier alpha value is -2.72. The van der Waals surface area contributed by atoms with Gasteiger partial charge in [-0.1, -0.05) is 0 Å². The van der Waals surface area contributed by atoms with Crippen molar-refractivity contribution in [1.29, 1.82) is 0 Å². The molecule has 0 unspecified atom stereocenters. The highest BCUT2D eigenvalue weighted by Gasteiger charge is 2.32. The van der Waals surface area contributed by atoms with Crippen LogP contribution in [0.4, 0.5) is 17.6 Å². The summed E-state index contributed by atoms with van der Waals surface area (Å²) in [4.78, 5) is 28.9. The Labute approximate surface area is 175 Å². The minimum atomic E-state index is -1.32. The lowest BCUT2D eigenvalue weighted by Gasteiger charge is -2.34. The third kappa shape index (κ3) is 3.20. The van der Waals surface area contributed by atoms with Crippen molar-refractivity contribution in [2.24, 2.45) is 0 Å². The van der Waals surface area contributed by atoms with Gasteiger partial charge < -0.3 is 14.6 Å². The summed E-state index contributed by atoms with van der Waals surface area (Å²) in [6, 6.07) is 3.13. The van der Waals surface area contributed by atoms with E-state index in [0.717, 1.165) is 23.1 Å². The largest absolute Gasteiger partial charge is 0.373 e. The molecule has 0 fully saturated rings. The van der Waals surface area contributed by atoms with Crippen molar-refractivity contribution < 1.29 is 27.1 Å². The third-order valence-electron chi connectivity index (χ3n) is 5.09. The molecule has 156 valence electrons. The van der Waals surface area contributed by atoms with Crippen LogP contribution in [0.5, 0.6) is 0 Å². The van der Waals surface area contributed by atoms with E-state index in [0.29, 0.717) is 5.56 Å². The highest BCUT2D eigenvalue weighted by Crippen LogP contribution is 2.34. The van der Waals surface area contributed by atoms with Crippen LogP contribution in [0, 0.1) is 23.3 Å². The van der Waals surface area contributed by atoms with E-state index >= 15 is 0 Å². The maximum Gasteiger partial charge on any atom is 0.257 e. The van der Waals surface area contributed by atoms with Crippen LogP contribution in [-0.4, -0.2) is 29.4 Å². The van der Waals surface area contributed by atoms with Crippen molar-refractivity contribution in [2.45, 2.75) is 12.6 Å². The van der Waals surface area contributed by atoms with E-state index in [1.807, 2.05) is 0 Å². The number of fused-ring (bicyclic) bond motifs is 3. The Balaban J connectivity index is 1.86. The first-order valence-electron chi connectivity index (χ1n) is 8.73. The molecule has 1 aliphatic rings. The molecule has 1 atom stereocenters. The number of amides is 1. The molecule has 1 amide bonds. The van der Waals surface area contributed by atoms with E-state index in [9.17, 15) is 27.2 Å². The fraction of sp³-hybridized carbons (Fsp3) is 0.200. The Bertz CT molecular complexity index is 1260. The van der Waals surface area contributed by atoms with Crippen molar-refractivity contribution in [1.82, 2.24) is 9.88 Å². The van der Waals surface area contributed by atoms with Gasteiger partial charge in [0.15, 0.2) is 23.3 Å². The lowest BCUT2D eigenvalue weighted by Crippen LogP contribution is -2.38. The summed E-state index contributed by atoms with van der Waals surface area (Å²) in [7, 11) is 1.35. The summed E-state index contributed by atoms with van der Waals surface area (Å²) >= 11 is 2.85. The fourth-order valence-electron chi connectivity index (χ4n) is 3.57. The minimum Gasteiger partial charge on any atom is -0.373 e. The average molecular weight is 485 g/mol. The van der Waals surface area contributed by atoms with Crippen LogP contribution in [0.25, 0.3) is 10.8 Å². The molecule has 30 heavy (non-hydrogen) atoms. The highest BCUT2D eigenvalue weighted by molar-refractivity contribution is 9.10. The van der Waals surface area contributed by atoms with Gasteiger partial charge in [-0.05, 0) is 45.6 Å². The van der Waals surface area contributed by atoms with E-state index in [2.05, 4.69) is 20.9 Å². The maximum atomic E-state index is 14.3. The standard InChI is InChI=1S/C20H13BrF4N2O3/c1-27(20(29)8-2-3-11(21)18(25)17(8)24)15-7-30-6-14-16(15)9-4-12(22)13(23)5-10(9)19(28)26-14/h2-5,15H,6-7H2,1H3,(H,26,28)/t15-/m0/s1. The second-order valence-corrected chi connectivity index (χ2v) is 7.68. The number of H-pyrrole nitrogens is 1. The lowest BCUT2D eigenvalue weighted by molar-refractivity contribution is 0.0332. The number of aromatic nitrogens is 1. The SMILES string of the molecule is CN(C(=O)c1ccc(Br)c(F)c1F)[C@H]1COCc2[nH]c(=O)c3cc(F)c(F)cc3c21. The molecule has 3 aromatic rings.